The van der Waals surface area contributed by atoms with Crippen molar-refractivity contribution in [3.05, 3.63) is 27.5 Å². The molecule has 7 heteroatoms. The van der Waals surface area contributed by atoms with Gasteiger partial charge in [-0.2, -0.15) is 0 Å². The van der Waals surface area contributed by atoms with Crippen molar-refractivity contribution in [2.75, 3.05) is 26.1 Å². The minimum absolute atomic E-state index is 0.140. The predicted molar refractivity (Wildman–Crippen MR) is 133 cm³/mol. The maximum absolute atomic E-state index is 13.9. The number of hydrogen-bond acceptors (Lipinski definition) is 5. The molecule has 1 heterocycles. The number of likely N-dealkylation sites (N-methyl/N-ethyl adjacent to an activating group) is 1. The molecule has 2 atom stereocenters. The van der Waals surface area contributed by atoms with Crippen LogP contribution in [-0.2, 0) is 14.3 Å². The molecule has 0 bridgehead atoms. The number of thiophene rings is 1. The maximum atomic E-state index is 13.9. The number of nitrogens with zero attached hydrogens (tertiary/aromatic N) is 2. The summed E-state index contributed by atoms with van der Waals surface area (Å²) in [4.78, 5) is 43.7. The molecule has 180 valence electrons. The summed E-state index contributed by atoms with van der Waals surface area (Å²) in [5.41, 5.74) is 1.46. The van der Waals surface area contributed by atoms with Crippen LogP contribution >= 0.6 is 11.3 Å². The number of rotatable bonds is 6. The van der Waals surface area contributed by atoms with Crippen LogP contribution in [-0.4, -0.2) is 49.9 Å². The number of anilines is 1. The van der Waals surface area contributed by atoms with Gasteiger partial charge in [-0.05, 0) is 59.4 Å². The SMILES string of the molecule is CC[C@@H](C(=O)N(C)C)N(C(=O)[C@H]1CC=C(C)CC1)c1cc(C#CC(C)(C)C)sc1C(=O)OC. The topological polar surface area (TPSA) is 66.9 Å². The van der Waals surface area contributed by atoms with Crippen LogP contribution in [0.5, 0.6) is 0 Å². The molecule has 0 radical (unpaired) electrons. The fraction of sp³-hybridized carbons (Fsp3) is 0.577. The zero-order valence-corrected chi connectivity index (χ0v) is 21.9. The van der Waals surface area contributed by atoms with Gasteiger partial charge in [0.1, 0.15) is 10.9 Å². The fourth-order valence-electron chi connectivity index (χ4n) is 3.70. The fourth-order valence-corrected chi connectivity index (χ4v) is 4.62. The van der Waals surface area contributed by atoms with Crippen molar-refractivity contribution in [3.63, 3.8) is 0 Å². The maximum Gasteiger partial charge on any atom is 0.350 e. The first-order valence-corrected chi connectivity index (χ1v) is 12.2. The molecular formula is C26H36N2O4S. The predicted octanol–water partition coefficient (Wildman–Crippen LogP) is 4.88. The zero-order chi connectivity index (χ0) is 24.9. The molecule has 1 aromatic heterocycles. The molecule has 0 aromatic carbocycles. The molecular weight excluding hydrogens is 436 g/mol. The third kappa shape index (κ3) is 6.70. The summed E-state index contributed by atoms with van der Waals surface area (Å²) in [6, 6.07) is 1.03. The third-order valence-electron chi connectivity index (χ3n) is 5.55. The molecule has 0 aliphatic heterocycles. The number of carbonyl (C=O) groups excluding carboxylic acids is 3. The van der Waals surface area contributed by atoms with E-state index in [4.69, 9.17) is 4.74 Å². The molecule has 1 aliphatic rings. The molecule has 0 unspecified atom stereocenters. The lowest BCUT2D eigenvalue weighted by Crippen LogP contribution is -2.51. The number of ether oxygens (including phenoxy) is 1. The first kappa shape index (κ1) is 26.7. The van der Waals surface area contributed by atoms with Gasteiger partial charge in [0, 0.05) is 25.4 Å². The number of allylic oxidation sites excluding steroid dienone is 2. The van der Waals surface area contributed by atoms with E-state index in [1.807, 2.05) is 27.7 Å². The van der Waals surface area contributed by atoms with E-state index in [2.05, 4.69) is 24.8 Å². The Kier molecular flexibility index (Phi) is 8.90. The molecule has 1 aromatic rings. The smallest absolute Gasteiger partial charge is 0.350 e. The lowest BCUT2D eigenvalue weighted by molar-refractivity contribution is -0.133. The quantitative estimate of drug-likeness (QED) is 0.336. The normalized spacial score (nSPS) is 16.7. The third-order valence-corrected chi connectivity index (χ3v) is 6.57. The van der Waals surface area contributed by atoms with Gasteiger partial charge in [0.15, 0.2) is 0 Å². The summed E-state index contributed by atoms with van der Waals surface area (Å²) < 4.78 is 5.03. The van der Waals surface area contributed by atoms with Gasteiger partial charge in [-0.25, -0.2) is 4.79 Å². The standard InChI is InChI=1S/C26H36N2O4S/c1-9-20(24(30)27(6)7)28(23(29)18-12-10-17(2)11-13-18)21-16-19(14-15-26(3,4)5)33-22(21)25(31)32-8/h10,16,18,20H,9,11-13H2,1-8H3/t18-,20-/m0/s1. The summed E-state index contributed by atoms with van der Waals surface area (Å²) in [7, 11) is 4.67. The minimum Gasteiger partial charge on any atom is -0.465 e. The Labute approximate surface area is 202 Å². The van der Waals surface area contributed by atoms with Gasteiger partial charge < -0.3 is 9.64 Å². The first-order chi connectivity index (χ1) is 15.4. The summed E-state index contributed by atoms with van der Waals surface area (Å²) in [6.45, 7) is 9.96. The largest absolute Gasteiger partial charge is 0.465 e. The van der Waals surface area contributed by atoms with Crippen LogP contribution in [0.25, 0.3) is 0 Å². The zero-order valence-electron chi connectivity index (χ0n) is 21.1. The lowest BCUT2D eigenvalue weighted by atomic mass is 9.88. The Balaban J connectivity index is 2.67. The van der Waals surface area contributed by atoms with E-state index in [0.29, 0.717) is 23.4 Å². The monoisotopic (exact) mass is 472 g/mol. The van der Waals surface area contributed by atoms with Crippen LogP contribution in [0.15, 0.2) is 17.7 Å². The van der Waals surface area contributed by atoms with E-state index in [-0.39, 0.29) is 28.0 Å². The summed E-state index contributed by atoms with van der Waals surface area (Å²) >= 11 is 1.19. The Bertz CT molecular complexity index is 988. The highest BCUT2D eigenvalue weighted by Crippen LogP contribution is 2.36. The Morgan fingerprint density at radius 2 is 1.94 bits per heavy atom. The average Bonchev–Trinajstić information content (AvgIpc) is 3.18. The second kappa shape index (κ2) is 11.0. The highest BCUT2D eigenvalue weighted by molar-refractivity contribution is 7.15. The van der Waals surface area contributed by atoms with Crippen LogP contribution in [0.1, 0.15) is 74.9 Å². The van der Waals surface area contributed by atoms with Crippen molar-refractivity contribution < 1.29 is 19.1 Å². The van der Waals surface area contributed by atoms with Crippen LogP contribution < -0.4 is 4.90 Å². The second-order valence-electron chi connectivity index (χ2n) is 9.70. The number of methoxy groups -OCH3 is 1. The van der Waals surface area contributed by atoms with Crippen molar-refractivity contribution in [2.45, 2.75) is 66.3 Å². The molecule has 0 fully saturated rings. The highest BCUT2D eigenvalue weighted by Gasteiger charge is 2.38. The van der Waals surface area contributed by atoms with E-state index >= 15 is 0 Å². The van der Waals surface area contributed by atoms with Gasteiger partial charge in [-0.15, -0.1) is 11.3 Å². The Morgan fingerprint density at radius 1 is 1.27 bits per heavy atom. The van der Waals surface area contributed by atoms with E-state index in [1.165, 1.54) is 33.8 Å². The summed E-state index contributed by atoms with van der Waals surface area (Å²) in [5, 5.41) is 0. The number of carbonyl (C=O) groups is 3. The van der Waals surface area contributed by atoms with Crippen LogP contribution in [0.3, 0.4) is 0 Å². The molecule has 2 rings (SSSR count). The molecule has 0 N–H and O–H groups in total. The van der Waals surface area contributed by atoms with E-state index in [0.717, 1.165) is 12.8 Å². The van der Waals surface area contributed by atoms with Gasteiger partial charge >= 0.3 is 5.97 Å². The van der Waals surface area contributed by atoms with Crippen molar-refractivity contribution in [1.29, 1.82) is 0 Å². The molecule has 2 amide bonds. The van der Waals surface area contributed by atoms with Gasteiger partial charge in [0.05, 0.1) is 17.7 Å². The first-order valence-electron chi connectivity index (χ1n) is 11.3. The average molecular weight is 473 g/mol. The molecule has 1 aliphatic carbocycles. The molecule has 6 nitrogen and oxygen atoms in total. The molecule has 33 heavy (non-hydrogen) atoms. The van der Waals surface area contributed by atoms with E-state index in [1.54, 1.807) is 20.2 Å². The Morgan fingerprint density at radius 3 is 2.42 bits per heavy atom. The van der Waals surface area contributed by atoms with Crippen molar-refractivity contribution >= 4 is 34.8 Å². The second-order valence-corrected chi connectivity index (χ2v) is 10.8. The van der Waals surface area contributed by atoms with Gasteiger partial charge in [0.2, 0.25) is 11.8 Å². The van der Waals surface area contributed by atoms with Gasteiger partial charge in [-0.3, -0.25) is 14.5 Å². The number of hydrogen-bond donors (Lipinski definition) is 0. The number of amides is 2. The van der Waals surface area contributed by atoms with Crippen LogP contribution in [0.4, 0.5) is 5.69 Å². The van der Waals surface area contributed by atoms with Crippen molar-refractivity contribution in [2.24, 2.45) is 11.3 Å². The highest BCUT2D eigenvalue weighted by atomic mass is 32.1. The van der Waals surface area contributed by atoms with Crippen molar-refractivity contribution in [1.82, 2.24) is 4.90 Å². The van der Waals surface area contributed by atoms with Crippen LogP contribution in [0, 0.1) is 23.2 Å². The summed E-state index contributed by atoms with van der Waals surface area (Å²) in [5.74, 6) is 5.20. The van der Waals surface area contributed by atoms with Crippen LogP contribution in [0.2, 0.25) is 0 Å². The van der Waals surface area contributed by atoms with Crippen molar-refractivity contribution in [3.8, 4) is 11.8 Å². The van der Waals surface area contributed by atoms with E-state index < -0.39 is 12.0 Å². The van der Waals surface area contributed by atoms with Gasteiger partial charge in [-0.1, -0.05) is 30.4 Å². The minimum atomic E-state index is -0.721. The van der Waals surface area contributed by atoms with Gasteiger partial charge in [0.25, 0.3) is 0 Å². The lowest BCUT2D eigenvalue weighted by Gasteiger charge is -2.35. The molecule has 0 spiro atoms. The van der Waals surface area contributed by atoms with E-state index in [9.17, 15) is 14.4 Å². The Hall–Kier alpha value is -2.59. The number of esters is 1. The summed E-state index contributed by atoms with van der Waals surface area (Å²) in [6.07, 6.45) is 4.71. The molecule has 0 saturated carbocycles. The molecule has 0 saturated heterocycles.